The fourth-order valence-corrected chi connectivity index (χ4v) is 3.07. The van der Waals surface area contributed by atoms with E-state index in [0.717, 1.165) is 12.2 Å². The van der Waals surface area contributed by atoms with E-state index in [-0.39, 0.29) is 18.8 Å². The lowest BCUT2D eigenvalue weighted by atomic mass is 10.1. The molecule has 0 spiro atoms. The maximum atomic E-state index is 12.9. The predicted molar refractivity (Wildman–Crippen MR) is 82.5 cm³/mol. The van der Waals surface area contributed by atoms with Crippen LogP contribution in [0.5, 0.6) is 11.5 Å². The number of hydrogen-bond donors (Lipinski definition) is 0. The minimum absolute atomic E-state index is 0.0263. The van der Waals surface area contributed by atoms with Crippen LogP contribution in [-0.2, 0) is 17.8 Å². The van der Waals surface area contributed by atoms with Gasteiger partial charge in [-0.15, -0.1) is 0 Å². The third-order valence-electron chi connectivity index (χ3n) is 4.34. The molecule has 6 heteroatoms. The van der Waals surface area contributed by atoms with E-state index in [9.17, 15) is 4.79 Å². The Balaban J connectivity index is 1.62. The minimum Gasteiger partial charge on any atom is -0.454 e. The molecule has 120 valence electrons. The Morgan fingerprint density at radius 3 is 2.96 bits per heavy atom. The van der Waals surface area contributed by atoms with E-state index in [0.29, 0.717) is 30.2 Å². The summed E-state index contributed by atoms with van der Waals surface area (Å²) in [6, 6.07) is 9.34. The van der Waals surface area contributed by atoms with Gasteiger partial charge in [0.05, 0.1) is 19.2 Å². The summed E-state index contributed by atoms with van der Waals surface area (Å²) in [5.74, 6) is 1.28. The van der Waals surface area contributed by atoms with Crippen molar-refractivity contribution in [2.24, 2.45) is 0 Å². The summed E-state index contributed by atoms with van der Waals surface area (Å²) in [6.45, 7) is 2.09. The first kappa shape index (κ1) is 14.1. The molecule has 0 fully saturated rings. The number of ether oxygens (including phenoxy) is 3. The first-order valence-electron chi connectivity index (χ1n) is 7.60. The maximum absolute atomic E-state index is 12.9. The van der Waals surface area contributed by atoms with Gasteiger partial charge in [-0.25, -0.2) is 0 Å². The standard InChI is InChI=1S/C17H18N2O4/c1-21-14-9-18-6-2-3-13(18)8-19(10-14)17(20)12-4-5-15-16(7-12)23-11-22-15/h2-7,14H,8-11H2,1H3. The molecular weight excluding hydrogens is 296 g/mol. The number of amides is 1. The zero-order valence-corrected chi connectivity index (χ0v) is 12.9. The summed E-state index contributed by atoms with van der Waals surface area (Å²) in [7, 11) is 1.68. The van der Waals surface area contributed by atoms with Gasteiger partial charge < -0.3 is 23.7 Å². The predicted octanol–water partition coefficient (Wildman–Crippen LogP) is 1.89. The molecule has 23 heavy (non-hydrogen) atoms. The van der Waals surface area contributed by atoms with Gasteiger partial charge >= 0.3 is 0 Å². The number of aromatic nitrogens is 1. The Bertz CT molecular complexity index is 740. The van der Waals surface area contributed by atoms with Crippen LogP contribution in [0.25, 0.3) is 0 Å². The van der Waals surface area contributed by atoms with Crippen molar-refractivity contribution in [3.63, 3.8) is 0 Å². The third-order valence-corrected chi connectivity index (χ3v) is 4.34. The molecule has 2 aromatic rings. The number of nitrogens with zero attached hydrogens (tertiary/aromatic N) is 2. The molecule has 1 unspecified atom stereocenters. The molecule has 1 amide bonds. The highest BCUT2D eigenvalue weighted by Gasteiger charge is 2.26. The summed E-state index contributed by atoms with van der Waals surface area (Å²) in [5, 5.41) is 0. The number of hydrogen-bond acceptors (Lipinski definition) is 4. The molecular formula is C17H18N2O4. The van der Waals surface area contributed by atoms with E-state index >= 15 is 0 Å². The van der Waals surface area contributed by atoms with E-state index < -0.39 is 0 Å². The molecule has 2 aliphatic rings. The van der Waals surface area contributed by atoms with Crippen molar-refractivity contribution in [2.45, 2.75) is 19.2 Å². The first-order valence-corrected chi connectivity index (χ1v) is 7.60. The molecule has 0 bridgehead atoms. The molecule has 4 rings (SSSR count). The van der Waals surface area contributed by atoms with Crippen molar-refractivity contribution in [1.29, 1.82) is 0 Å². The van der Waals surface area contributed by atoms with Crippen molar-refractivity contribution in [1.82, 2.24) is 9.47 Å². The van der Waals surface area contributed by atoms with Crippen molar-refractivity contribution in [3.8, 4) is 11.5 Å². The van der Waals surface area contributed by atoms with Crippen molar-refractivity contribution >= 4 is 5.91 Å². The number of methoxy groups -OCH3 is 1. The molecule has 0 N–H and O–H groups in total. The molecule has 0 radical (unpaired) electrons. The van der Waals surface area contributed by atoms with Crippen LogP contribution in [0, 0.1) is 0 Å². The average Bonchev–Trinajstić information content (AvgIpc) is 3.18. The summed E-state index contributed by atoms with van der Waals surface area (Å²) < 4.78 is 18.3. The van der Waals surface area contributed by atoms with Gasteiger partial charge in [0.25, 0.3) is 5.91 Å². The SMILES string of the molecule is COC1CN(C(=O)c2ccc3c(c2)OCO3)Cc2cccn2C1. The second kappa shape index (κ2) is 5.62. The Hall–Kier alpha value is -2.47. The van der Waals surface area contributed by atoms with Crippen LogP contribution in [0.4, 0.5) is 0 Å². The number of benzene rings is 1. The van der Waals surface area contributed by atoms with Crippen LogP contribution in [0.15, 0.2) is 36.5 Å². The molecule has 6 nitrogen and oxygen atoms in total. The highest BCUT2D eigenvalue weighted by Crippen LogP contribution is 2.33. The molecule has 0 saturated heterocycles. The third kappa shape index (κ3) is 2.55. The van der Waals surface area contributed by atoms with Crippen molar-refractivity contribution < 1.29 is 19.0 Å². The van der Waals surface area contributed by atoms with Crippen LogP contribution in [0.1, 0.15) is 16.1 Å². The lowest BCUT2D eigenvalue weighted by molar-refractivity contribution is 0.0459. The summed E-state index contributed by atoms with van der Waals surface area (Å²) >= 11 is 0. The lowest BCUT2D eigenvalue weighted by Gasteiger charge is -2.23. The normalized spacial score (nSPS) is 19.3. The molecule has 0 saturated carbocycles. The number of fused-ring (bicyclic) bond motifs is 2. The zero-order chi connectivity index (χ0) is 15.8. The van der Waals surface area contributed by atoms with Gasteiger partial charge in [-0.3, -0.25) is 4.79 Å². The zero-order valence-electron chi connectivity index (χ0n) is 12.9. The van der Waals surface area contributed by atoms with Crippen molar-refractivity contribution in [2.75, 3.05) is 20.4 Å². The smallest absolute Gasteiger partial charge is 0.254 e. The summed E-state index contributed by atoms with van der Waals surface area (Å²) in [6.07, 6.45) is 2.00. The van der Waals surface area contributed by atoms with Crippen LogP contribution >= 0.6 is 0 Å². The molecule has 1 aromatic heterocycles. The van der Waals surface area contributed by atoms with E-state index in [1.165, 1.54) is 0 Å². The molecule has 3 heterocycles. The number of carbonyl (C=O) groups is 1. The summed E-state index contributed by atoms with van der Waals surface area (Å²) in [5.41, 5.74) is 1.71. The molecule has 1 aromatic carbocycles. The monoisotopic (exact) mass is 314 g/mol. The summed E-state index contributed by atoms with van der Waals surface area (Å²) in [4.78, 5) is 14.7. The molecule has 0 aliphatic carbocycles. The van der Waals surface area contributed by atoms with Gasteiger partial charge in [-0.2, -0.15) is 0 Å². The Labute approximate surface area is 134 Å². The quantitative estimate of drug-likeness (QED) is 0.849. The fourth-order valence-electron chi connectivity index (χ4n) is 3.07. The lowest BCUT2D eigenvalue weighted by Crippen LogP contribution is -2.36. The fraction of sp³-hybridized carbons (Fsp3) is 0.353. The average molecular weight is 314 g/mol. The topological polar surface area (TPSA) is 52.9 Å². The van der Waals surface area contributed by atoms with Gasteiger partial charge in [0.15, 0.2) is 11.5 Å². The van der Waals surface area contributed by atoms with E-state index in [1.54, 1.807) is 25.3 Å². The van der Waals surface area contributed by atoms with E-state index in [1.807, 2.05) is 23.2 Å². The van der Waals surface area contributed by atoms with Crippen LogP contribution in [0.2, 0.25) is 0 Å². The Kier molecular flexibility index (Phi) is 3.46. The van der Waals surface area contributed by atoms with Gasteiger partial charge in [-0.05, 0) is 30.3 Å². The highest BCUT2D eigenvalue weighted by atomic mass is 16.7. The number of carbonyl (C=O) groups excluding carboxylic acids is 1. The minimum atomic E-state index is -0.0278. The largest absolute Gasteiger partial charge is 0.454 e. The van der Waals surface area contributed by atoms with Gasteiger partial charge in [0.2, 0.25) is 6.79 Å². The van der Waals surface area contributed by atoms with Crippen LogP contribution in [-0.4, -0.2) is 41.9 Å². The second-order valence-corrected chi connectivity index (χ2v) is 5.76. The van der Waals surface area contributed by atoms with E-state index in [2.05, 4.69) is 4.57 Å². The highest BCUT2D eigenvalue weighted by molar-refractivity contribution is 5.95. The van der Waals surface area contributed by atoms with Crippen molar-refractivity contribution in [3.05, 3.63) is 47.8 Å². The van der Waals surface area contributed by atoms with E-state index in [4.69, 9.17) is 14.2 Å². The number of rotatable bonds is 2. The van der Waals surface area contributed by atoms with Gasteiger partial charge in [0, 0.05) is 31.1 Å². The van der Waals surface area contributed by atoms with Crippen LogP contribution in [0.3, 0.4) is 0 Å². The maximum Gasteiger partial charge on any atom is 0.254 e. The van der Waals surface area contributed by atoms with Gasteiger partial charge in [0.1, 0.15) is 0 Å². The van der Waals surface area contributed by atoms with Gasteiger partial charge in [-0.1, -0.05) is 0 Å². The Morgan fingerprint density at radius 2 is 2.09 bits per heavy atom. The first-order chi connectivity index (χ1) is 11.2. The molecule has 2 aliphatic heterocycles. The Morgan fingerprint density at radius 1 is 1.22 bits per heavy atom. The second-order valence-electron chi connectivity index (χ2n) is 5.76. The van der Waals surface area contributed by atoms with Crippen LogP contribution < -0.4 is 9.47 Å². The molecule has 1 atom stereocenters.